The van der Waals surface area contributed by atoms with Crippen LogP contribution in [0.5, 0.6) is 0 Å². The molecule has 1 saturated heterocycles. The number of carbonyl (C=O) groups is 2. The molecule has 1 aliphatic rings. The van der Waals surface area contributed by atoms with Crippen LogP contribution in [0, 0.1) is 0 Å². The van der Waals surface area contributed by atoms with E-state index in [-0.39, 0.29) is 11.6 Å². The predicted octanol–water partition coefficient (Wildman–Crippen LogP) is 2.04. The van der Waals surface area contributed by atoms with Gasteiger partial charge in [0, 0.05) is 25.3 Å². The Morgan fingerprint density at radius 2 is 1.94 bits per heavy atom. The molecular formula is C13H16N2O3. The van der Waals surface area contributed by atoms with E-state index in [4.69, 9.17) is 5.11 Å². The molecule has 1 fully saturated rings. The summed E-state index contributed by atoms with van der Waals surface area (Å²) in [5, 5.41) is 8.82. The molecular weight excluding hydrogens is 232 g/mol. The van der Waals surface area contributed by atoms with Gasteiger partial charge in [-0.05, 0) is 30.7 Å². The summed E-state index contributed by atoms with van der Waals surface area (Å²) in [5.74, 6) is -0.957. The van der Waals surface area contributed by atoms with Gasteiger partial charge in [-0.15, -0.1) is 0 Å². The summed E-state index contributed by atoms with van der Waals surface area (Å²) in [4.78, 5) is 26.3. The van der Waals surface area contributed by atoms with Crippen molar-refractivity contribution < 1.29 is 14.7 Å². The van der Waals surface area contributed by atoms with Gasteiger partial charge in [-0.3, -0.25) is 4.90 Å². The quantitative estimate of drug-likeness (QED) is 0.887. The zero-order valence-corrected chi connectivity index (χ0v) is 10.3. The molecule has 0 radical (unpaired) electrons. The normalized spacial score (nSPS) is 15.3. The highest BCUT2D eigenvalue weighted by Crippen LogP contribution is 2.20. The van der Waals surface area contributed by atoms with E-state index in [0.29, 0.717) is 6.54 Å². The van der Waals surface area contributed by atoms with Gasteiger partial charge in [-0.1, -0.05) is 6.92 Å². The standard InChI is InChI=1S/C13H16N2O3/c1-2-7-14-8-9-15(13(14)18)11-5-3-10(4-6-11)12(16)17/h3-6H,2,7-9H2,1H3,(H,16,17). The number of carboxylic acids is 1. The smallest absolute Gasteiger partial charge is 0.335 e. The second-order valence-corrected chi connectivity index (χ2v) is 4.27. The zero-order valence-electron chi connectivity index (χ0n) is 10.3. The van der Waals surface area contributed by atoms with Crippen molar-refractivity contribution in [2.75, 3.05) is 24.5 Å². The summed E-state index contributed by atoms with van der Waals surface area (Å²) < 4.78 is 0. The first-order chi connectivity index (χ1) is 8.63. The molecule has 1 aromatic carbocycles. The van der Waals surface area contributed by atoms with E-state index in [1.165, 1.54) is 12.1 Å². The summed E-state index contributed by atoms with van der Waals surface area (Å²) >= 11 is 0. The molecule has 1 aromatic rings. The minimum absolute atomic E-state index is 0.0000694. The molecule has 0 bridgehead atoms. The van der Waals surface area contributed by atoms with Crippen LogP contribution in [0.25, 0.3) is 0 Å². The van der Waals surface area contributed by atoms with Crippen LogP contribution in [-0.2, 0) is 0 Å². The van der Waals surface area contributed by atoms with Crippen molar-refractivity contribution in [2.45, 2.75) is 13.3 Å². The molecule has 18 heavy (non-hydrogen) atoms. The number of anilines is 1. The Balaban J connectivity index is 2.13. The van der Waals surface area contributed by atoms with E-state index in [1.54, 1.807) is 17.0 Å². The number of carbonyl (C=O) groups excluding carboxylic acids is 1. The van der Waals surface area contributed by atoms with Crippen LogP contribution in [-0.4, -0.2) is 41.6 Å². The molecule has 96 valence electrons. The van der Waals surface area contributed by atoms with E-state index in [0.717, 1.165) is 25.2 Å². The molecule has 0 atom stereocenters. The van der Waals surface area contributed by atoms with Crippen molar-refractivity contribution in [3.63, 3.8) is 0 Å². The van der Waals surface area contributed by atoms with Crippen LogP contribution in [0.1, 0.15) is 23.7 Å². The third-order valence-corrected chi connectivity index (χ3v) is 3.01. The predicted molar refractivity (Wildman–Crippen MR) is 68.0 cm³/mol. The maximum Gasteiger partial charge on any atom is 0.335 e. The molecule has 1 aliphatic heterocycles. The van der Waals surface area contributed by atoms with E-state index < -0.39 is 5.97 Å². The topological polar surface area (TPSA) is 60.9 Å². The van der Waals surface area contributed by atoms with E-state index >= 15 is 0 Å². The number of hydrogen-bond donors (Lipinski definition) is 1. The van der Waals surface area contributed by atoms with Gasteiger partial charge in [0.25, 0.3) is 0 Å². The lowest BCUT2D eigenvalue weighted by atomic mass is 10.2. The van der Waals surface area contributed by atoms with Gasteiger partial charge in [0.05, 0.1) is 5.56 Å². The lowest BCUT2D eigenvalue weighted by Gasteiger charge is -2.18. The summed E-state index contributed by atoms with van der Waals surface area (Å²) in [7, 11) is 0. The molecule has 0 aromatic heterocycles. The Hall–Kier alpha value is -2.04. The third-order valence-electron chi connectivity index (χ3n) is 3.01. The summed E-state index contributed by atoms with van der Waals surface area (Å²) in [6, 6.07) is 6.40. The minimum atomic E-state index is -0.957. The first-order valence-corrected chi connectivity index (χ1v) is 6.03. The molecule has 0 spiro atoms. The van der Waals surface area contributed by atoms with Gasteiger partial charge < -0.3 is 10.0 Å². The van der Waals surface area contributed by atoms with Crippen molar-refractivity contribution in [3.05, 3.63) is 29.8 Å². The minimum Gasteiger partial charge on any atom is -0.478 e. The number of carboxylic acid groups (broad SMARTS) is 1. The first kappa shape index (κ1) is 12.4. The Kier molecular flexibility index (Phi) is 3.50. The van der Waals surface area contributed by atoms with E-state index in [1.807, 2.05) is 11.8 Å². The number of urea groups is 1. The molecule has 5 heteroatoms. The summed E-state index contributed by atoms with van der Waals surface area (Å²) in [5.41, 5.74) is 0.986. The Morgan fingerprint density at radius 1 is 1.28 bits per heavy atom. The average Bonchev–Trinajstić information content (AvgIpc) is 2.72. The maximum absolute atomic E-state index is 12.1. The van der Waals surface area contributed by atoms with Crippen molar-refractivity contribution >= 4 is 17.7 Å². The number of hydrogen-bond acceptors (Lipinski definition) is 2. The average molecular weight is 248 g/mol. The van der Waals surface area contributed by atoms with Gasteiger partial charge in [-0.25, -0.2) is 9.59 Å². The Morgan fingerprint density at radius 3 is 2.50 bits per heavy atom. The molecule has 5 nitrogen and oxygen atoms in total. The van der Waals surface area contributed by atoms with Crippen molar-refractivity contribution in [3.8, 4) is 0 Å². The first-order valence-electron chi connectivity index (χ1n) is 6.03. The van der Waals surface area contributed by atoms with Crippen molar-refractivity contribution in [2.24, 2.45) is 0 Å². The second kappa shape index (κ2) is 5.08. The fourth-order valence-corrected chi connectivity index (χ4v) is 2.08. The maximum atomic E-state index is 12.1. The fraction of sp³-hybridized carbons (Fsp3) is 0.385. The molecule has 0 unspecified atom stereocenters. The number of benzene rings is 1. The zero-order chi connectivity index (χ0) is 13.1. The molecule has 2 amide bonds. The SMILES string of the molecule is CCCN1CCN(c2ccc(C(=O)O)cc2)C1=O. The number of aromatic carboxylic acids is 1. The van der Waals surface area contributed by atoms with Gasteiger partial charge >= 0.3 is 12.0 Å². The fourth-order valence-electron chi connectivity index (χ4n) is 2.08. The Labute approximate surface area is 106 Å². The number of rotatable bonds is 4. The van der Waals surface area contributed by atoms with Gasteiger partial charge in [0.15, 0.2) is 0 Å². The highest BCUT2D eigenvalue weighted by molar-refractivity contribution is 5.95. The van der Waals surface area contributed by atoms with E-state index in [2.05, 4.69) is 0 Å². The van der Waals surface area contributed by atoms with Gasteiger partial charge in [0.1, 0.15) is 0 Å². The van der Waals surface area contributed by atoms with Gasteiger partial charge in [-0.2, -0.15) is 0 Å². The summed E-state index contributed by atoms with van der Waals surface area (Å²) in [6.07, 6.45) is 0.942. The molecule has 1 heterocycles. The van der Waals surface area contributed by atoms with Crippen LogP contribution in [0.15, 0.2) is 24.3 Å². The monoisotopic (exact) mass is 248 g/mol. The molecule has 0 aliphatic carbocycles. The van der Waals surface area contributed by atoms with Crippen molar-refractivity contribution in [1.29, 1.82) is 0 Å². The lowest BCUT2D eigenvalue weighted by Crippen LogP contribution is -2.32. The number of amides is 2. The molecule has 1 N–H and O–H groups in total. The molecule has 2 rings (SSSR count). The van der Waals surface area contributed by atoms with Crippen molar-refractivity contribution in [1.82, 2.24) is 4.90 Å². The van der Waals surface area contributed by atoms with Crippen LogP contribution in [0.4, 0.5) is 10.5 Å². The number of nitrogens with zero attached hydrogens (tertiary/aromatic N) is 2. The van der Waals surface area contributed by atoms with Crippen LogP contribution >= 0.6 is 0 Å². The largest absolute Gasteiger partial charge is 0.478 e. The summed E-state index contributed by atoms with van der Waals surface area (Å²) in [6.45, 7) is 4.19. The lowest BCUT2D eigenvalue weighted by molar-refractivity contribution is 0.0697. The van der Waals surface area contributed by atoms with Crippen LogP contribution in [0.2, 0.25) is 0 Å². The van der Waals surface area contributed by atoms with Gasteiger partial charge in [0.2, 0.25) is 0 Å². The third kappa shape index (κ3) is 2.30. The molecule has 0 saturated carbocycles. The highest BCUT2D eigenvalue weighted by Gasteiger charge is 2.28. The highest BCUT2D eigenvalue weighted by atomic mass is 16.4. The van der Waals surface area contributed by atoms with Crippen LogP contribution in [0.3, 0.4) is 0 Å². The van der Waals surface area contributed by atoms with Crippen LogP contribution < -0.4 is 4.90 Å². The Bertz CT molecular complexity index is 456. The second-order valence-electron chi connectivity index (χ2n) is 4.27. The van der Waals surface area contributed by atoms with E-state index in [9.17, 15) is 9.59 Å².